The van der Waals surface area contributed by atoms with E-state index in [0.717, 1.165) is 22.1 Å². The molecule has 0 fully saturated rings. The molecule has 0 saturated carbocycles. The molecule has 0 saturated heterocycles. The molecular weight excluding hydrogens is 266 g/mol. The van der Waals surface area contributed by atoms with Gasteiger partial charge in [-0.3, -0.25) is 0 Å². The van der Waals surface area contributed by atoms with Crippen molar-refractivity contribution in [3.63, 3.8) is 0 Å². The molecular formula is C17H17NO3. The van der Waals surface area contributed by atoms with Crippen LogP contribution in [0.1, 0.15) is 23.0 Å². The lowest BCUT2D eigenvalue weighted by Crippen LogP contribution is -2.01. The maximum atomic E-state index is 10.3. The molecule has 1 aromatic carbocycles. The van der Waals surface area contributed by atoms with Crippen molar-refractivity contribution in [1.29, 1.82) is 0 Å². The van der Waals surface area contributed by atoms with Crippen molar-refractivity contribution in [2.24, 2.45) is 0 Å². The Hall–Kier alpha value is -2.33. The minimum atomic E-state index is -0.688. The Labute approximate surface area is 123 Å². The quantitative estimate of drug-likeness (QED) is 0.797. The van der Waals surface area contributed by atoms with Crippen LogP contribution < -0.4 is 4.74 Å². The van der Waals surface area contributed by atoms with Crippen LogP contribution in [-0.4, -0.2) is 17.2 Å². The number of aliphatic hydroxyl groups is 1. The Morgan fingerprint density at radius 1 is 1.29 bits per heavy atom. The molecule has 0 aliphatic carbocycles. The fraction of sp³-hybridized carbons (Fsp3) is 0.235. The number of para-hydroxylation sites is 1. The zero-order chi connectivity index (χ0) is 14.8. The van der Waals surface area contributed by atoms with Crippen LogP contribution in [0.2, 0.25) is 0 Å². The van der Waals surface area contributed by atoms with E-state index in [-0.39, 0.29) is 0 Å². The van der Waals surface area contributed by atoms with E-state index in [4.69, 9.17) is 9.15 Å². The lowest BCUT2D eigenvalue weighted by Gasteiger charge is -2.07. The predicted molar refractivity (Wildman–Crippen MR) is 80.4 cm³/mol. The second kappa shape index (κ2) is 5.58. The molecule has 108 valence electrons. The summed E-state index contributed by atoms with van der Waals surface area (Å²) in [6, 6.07) is 11.5. The second-order valence-corrected chi connectivity index (χ2v) is 5.07. The Balaban J connectivity index is 1.82. The Morgan fingerprint density at radius 3 is 2.81 bits per heavy atom. The molecule has 1 atom stereocenters. The van der Waals surface area contributed by atoms with Crippen molar-refractivity contribution in [3.8, 4) is 5.88 Å². The maximum absolute atomic E-state index is 10.3. The number of methoxy groups -OCH3 is 1. The van der Waals surface area contributed by atoms with E-state index in [1.807, 2.05) is 37.3 Å². The number of aliphatic hydroxyl groups excluding tert-OH is 1. The smallest absolute Gasteiger partial charge is 0.212 e. The van der Waals surface area contributed by atoms with E-state index in [9.17, 15) is 5.11 Å². The Bertz CT molecular complexity index is 746. The SMILES string of the molecule is COc1ccc(CC(O)c2cc3cccc(C)c3o2)cn1. The van der Waals surface area contributed by atoms with Gasteiger partial charge in [-0.1, -0.05) is 24.3 Å². The van der Waals surface area contributed by atoms with Crippen LogP contribution in [-0.2, 0) is 6.42 Å². The molecule has 0 amide bonds. The summed E-state index contributed by atoms with van der Waals surface area (Å²) in [4.78, 5) is 4.14. The van der Waals surface area contributed by atoms with Crippen molar-refractivity contribution in [1.82, 2.24) is 4.98 Å². The van der Waals surface area contributed by atoms with E-state index < -0.39 is 6.10 Å². The summed E-state index contributed by atoms with van der Waals surface area (Å²) < 4.78 is 10.8. The summed E-state index contributed by atoms with van der Waals surface area (Å²) in [6.07, 6.45) is 1.47. The fourth-order valence-electron chi connectivity index (χ4n) is 2.37. The van der Waals surface area contributed by atoms with Gasteiger partial charge in [0.2, 0.25) is 5.88 Å². The number of nitrogens with zero attached hydrogens (tertiary/aromatic N) is 1. The summed E-state index contributed by atoms with van der Waals surface area (Å²) in [6.45, 7) is 2.00. The number of aromatic nitrogens is 1. The summed E-state index contributed by atoms with van der Waals surface area (Å²) in [5, 5.41) is 11.4. The zero-order valence-electron chi connectivity index (χ0n) is 12.0. The van der Waals surface area contributed by atoms with Crippen molar-refractivity contribution < 1.29 is 14.3 Å². The molecule has 2 heterocycles. The molecule has 0 spiro atoms. The molecule has 0 radical (unpaired) electrons. The van der Waals surface area contributed by atoms with Crippen LogP contribution in [0.5, 0.6) is 5.88 Å². The van der Waals surface area contributed by atoms with E-state index in [0.29, 0.717) is 18.1 Å². The largest absolute Gasteiger partial charge is 0.481 e. The van der Waals surface area contributed by atoms with Gasteiger partial charge in [0.15, 0.2) is 0 Å². The maximum Gasteiger partial charge on any atom is 0.212 e. The van der Waals surface area contributed by atoms with Crippen LogP contribution in [0.3, 0.4) is 0 Å². The van der Waals surface area contributed by atoms with Crippen LogP contribution in [0.15, 0.2) is 47.0 Å². The van der Waals surface area contributed by atoms with Crippen LogP contribution >= 0.6 is 0 Å². The average molecular weight is 283 g/mol. The fourth-order valence-corrected chi connectivity index (χ4v) is 2.37. The van der Waals surface area contributed by atoms with E-state index in [2.05, 4.69) is 4.98 Å². The molecule has 0 bridgehead atoms. The minimum absolute atomic E-state index is 0.454. The zero-order valence-corrected chi connectivity index (χ0v) is 12.0. The molecule has 3 rings (SSSR count). The van der Waals surface area contributed by atoms with E-state index >= 15 is 0 Å². The van der Waals surface area contributed by atoms with Crippen molar-refractivity contribution in [2.75, 3.05) is 7.11 Å². The molecule has 21 heavy (non-hydrogen) atoms. The minimum Gasteiger partial charge on any atom is -0.481 e. The first-order chi connectivity index (χ1) is 10.2. The highest BCUT2D eigenvalue weighted by atomic mass is 16.5. The third kappa shape index (κ3) is 2.76. The number of benzene rings is 1. The van der Waals surface area contributed by atoms with Gasteiger partial charge in [-0.25, -0.2) is 4.98 Å². The van der Waals surface area contributed by atoms with Crippen molar-refractivity contribution in [3.05, 3.63) is 59.5 Å². The van der Waals surface area contributed by atoms with E-state index in [1.165, 1.54) is 0 Å². The molecule has 0 aliphatic heterocycles. The number of fused-ring (bicyclic) bond motifs is 1. The second-order valence-electron chi connectivity index (χ2n) is 5.07. The highest BCUT2D eigenvalue weighted by Crippen LogP contribution is 2.28. The number of hydrogen-bond donors (Lipinski definition) is 1. The summed E-state index contributed by atoms with van der Waals surface area (Å²) in [7, 11) is 1.58. The van der Waals surface area contributed by atoms with Gasteiger partial charge in [0.05, 0.1) is 7.11 Å². The third-order valence-electron chi connectivity index (χ3n) is 3.52. The van der Waals surface area contributed by atoms with Crippen LogP contribution in [0, 0.1) is 6.92 Å². The van der Waals surface area contributed by atoms with Gasteiger partial charge in [0, 0.05) is 24.1 Å². The molecule has 1 unspecified atom stereocenters. The van der Waals surface area contributed by atoms with Crippen molar-refractivity contribution >= 4 is 11.0 Å². The van der Waals surface area contributed by atoms with Gasteiger partial charge >= 0.3 is 0 Å². The van der Waals surface area contributed by atoms with Gasteiger partial charge in [-0.15, -0.1) is 0 Å². The Kier molecular flexibility index (Phi) is 3.62. The molecule has 4 nitrogen and oxygen atoms in total. The highest BCUT2D eigenvalue weighted by Gasteiger charge is 2.15. The van der Waals surface area contributed by atoms with Gasteiger partial charge < -0.3 is 14.3 Å². The van der Waals surface area contributed by atoms with Gasteiger partial charge in [-0.2, -0.15) is 0 Å². The summed E-state index contributed by atoms with van der Waals surface area (Å²) in [5.74, 6) is 1.14. The topological polar surface area (TPSA) is 55.5 Å². The van der Waals surface area contributed by atoms with Crippen LogP contribution in [0.25, 0.3) is 11.0 Å². The first-order valence-electron chi connectivity index (χ1n) is 6.83. The molecule has 0 aliphatic rings. The summed E-state index contributed by atoms with van der Waals surface area (Å²) >= 11 is 0. The monoisotopic (exact) mass is 283 g/mol. The number of aryl methyl sites for hydroxylation is 1. The van der Waals surface area contributed by atoms with E-state index in [1.54, 1.807) is 19.4 Å². The number of ether oxygens (including phenoxy) is 1. The van der Waals surface area contributed by atoms with Gasteiger partial charge in [0.25, 0.3) is 0 Å². The lowest BCUT2D eigenvalue weighted by molar-refractivity contribution is 0.152. The highest BCUT2D eigenvalue weighted by molar-refractivity contribution is 5.80. The molecule has 4 heteroatoms. The standard InChI is InChI=1S/C17H17NO3/c1-11-4-3-5-13-9-15(21-17(11)13)14(19)8-12-6-7-16(20-2)18-10-12/h3-7,9-10,14,19H,8H2,1-2H3. The normalized spacial score (nSPS) is 12.5. The number of pyridine rings is 1. The molecule has 2 aromatic heterocycles. The number of hydrogen-bond acceptors (Lipinski definition) is 4. The average Bonchev–Trinajstić information content (AvgIpc) is 2.94. The van der Waals surface area contributed by atoms with Crippen LogP contribution in [0.4, 0.5) is 0 Å². The first-order valence-corrected chi connectivity index (χ1v) is 6.83. The molecule has 1 N–H and O–H groups in total. The van der Waals surface area contributed by atoms with Gasteiger partial charge in [-0.05, 0) is 24.1 Å². The molecule has 3 aromatic rings. The predicted octanol–water partition coefficient (Wildman–Crippen LogP) is 3.42. The Morgan fingerprint density at radius 2 is 2.14 bits per heavy atom. The van der Waals surface area contributed by atoms with Crippen molar-refractivity contribution in [2.45, 2.75) is 19.4 Å². The number of furan rings is 1. The lowest BCUT2D eigenvalue weighted by atomic mass is 10.1. The van der Waals surface area contributed by atoms with Gasteiger partial charge in [0.1, 0.15) is 17.4 Å². The first kappa shape index (κ1) is 13.6. The third-order valence-corrected chi connectivity index (χ3v) is 3.52. The summed E-state index contributed by atoms with van der Waals surface area (Å²) in [5.41, 5.74) is 2.83. The number of rotatable bonds is 4.